The molecule has 64 valence electrons. The molecule has 3 heteroatoms. The SMILES string of the molecule is N#CCC1C(=O)Cc2ccncc21. The Bertz CT molecular complexity index is 392. The molecule has 0 aromatic carbocycles. The number of nitriles is 1. The standard InChI is InChI=1S/C10H8N2O/c11-3-1-8-9-6-12-4-2-7(9)5-10(8)13/h2,4,6,8H,1,5H2. The van der Waals surface area contributed by atoms with E-state index in [1.807, 2.05) is 12.1 Å². The van der Waals surface area contributed by atoms with Crippen LogP contribution in [0.25, 0.3) is 0 Å². The lowest BCUT2D eigenvalue weighted by molar-refractivity contribution is -0.118. The van der Waals surface area contributed by atoms with Gasteiger partial charge in [0.15, 0.2) is 0 Å². The molecule has 0 fully saturated rings. The van der Waals surface area contributed by atoms with Crippen LogP contribution in [-0.2, 0) is 11.2 Å². The highest BCUT2D eigenvalue weighted by Crippen LogP contribution is 2.31. The number of Topliss-reactive ketones (excluding diaryl/α,β-unsaturated/α-hetero) is 1. The van der Waals surface area contributed by atoms with Gasteiger partial charge in [0.05, 0.1) is 12.0 Å². The molecule has 1 aromatic heterocycles. The van der Waals surface area contributed by atoms with Gasteiger partial charge in [-0.25, -0.2) is 0 Å². The van der Waals surface area contributed by atoms with E-state index < -0.39 is 0 Å². The number of ketones is 1. The minimum absolute atomic E-state index is 0.143. The minimum atomic E-state index is -0.228. The Morgan fingerprint density at radius 3 is 3.31 bits per heavy atom. The van der Waals surface area contributed by atoms with Crippen LogP contribution in [0, 0.1) is 11.3 Å². The summed E-state index contributed by atoms with van der Waals surface area (Å²) in [5.74, 6) is -0.0850. The summed E-state index contributed by atoms with van der Waals surface area (Å²) in [5, 5.41) is 8.55. The molecule has 1 heterocycles. The highest BCUT2D eigenvalue weighted by molar-refractivity contribution is 5.92. The fourth-order valence-corrected chi connectivity index (χ4v) is 1.71. The lowest BCUT2D eigenvalue weighted by atomic mass is 10.00. The van der Waals surface area contributed by atoms with Gasteiger partial charge in [-0.3, -0.25) is 9.78 Å². The number of fused-ring (bicyclic) bond motifs is 1. The quantitative estimate of drug-likeness (QED) is 0.639. The topological polar surface area (TPSA) is 53.8 Å². The van der Waals surface area contributed by atoms with Crippen LogP contribution < -0.4 is 0 Å². The Morgan fingerprint density at radius 2 is 2.54 bits per heavy atom. The van der Waals surface area contributed by atoms with Crippen LogP contribution in [0.4, 0.5) is 0 Å². The molecule has 0 radical (unpaired) electrons. The predicted molar refractivity (Wildman–Crippen MR) is 45.9 cm³/mol. The Balaban J connectivity index is 2.42. The molecule has 0 amide bonds. The van der Waals surface area contributed by atoms with E-state index in [0.29, 0.717) is 6.42 Å². The monoisotopic (exact) mass is 172 g/mol. The second-order valence-corrected chi connectivity index (χ2v) is 3.13. The molecule has 1 aromatic rings. The van der Waals surface area contributed by atoms with Crippen LogP contribution in [0.1, 0.15) is 23.5 Å². The van der Waals surface area contributed by atoms with E-state index in [1.165, 1.54) is 0 Å². The van der Waals surface area contributed by atoms with E-state index in [2.05, 4.69) is 4.98 Å². The van der Waals surface area contributed by atoms with Crippen molar-refractivity contribution in [3.05, 3.63) is 29.6 Å². The van der Waals surface area contributed by atoms with Crippen molar-refractivity contribution in [2.45, 2.75) is 18.8 Å². The molecule has 0 N–H and O–H groups in total. The normalized spacial score (nSPS) is 19.6. The van der Waals surface area contributed by atoms with Crippen molar-refractivity contribution in [2.75, 3.05) is 0 Å². The maximum absolute atomic E-state index is 11.4. The first-order valence-electron chi connectivity index (χ1n) is 4.15. The van der Waals surface area contributed by atoms with Crippen molar-refractivity contribution in [2.24, 2.45) is 0 Å². The fraction of sp³-hybridized carbons (Fsp3) is 0.300. The zero-order valence-corrected chi connectivity index (χ0v) is 7.03. The lowest BCUT2D eigenvalue weighted by Crippen LogP contribution is -2.04. The molecular formula is C10H8N2O. The van der Waals surface area contributed by atoms with E-state index in [-0.39, 0.29) is 18.1 Å². The lowest BCUT2D eigenvalue weighted by Gasteiger charge is -2.02. The molecule has 0 saturated heterocycles. The van der Waals surface area contributed by atoms with Crippen LogP contribution in [0.2, 0.25) is 0 Å². The average molecular weight is 172 g/mol. The molecule has 0 saturated carbocycles. The van der Waals surface area contributed by atoms with E-state index in [9.17, 15) is 4.79 Å². The molecule has 3 nitrogen and oxygen atoms in total. The van der Waals surface area contributed by atoms with Crippen molar-refractivity contribution >= 4 is 5.78 Å². The average Bonchev–Trinajstić information content (AvgIpc) is 2.44. The molecular weight excluding hydrogens is 164 g/mol. The van der Waals surface area contributed by atoms with E-state index in [1.54, 1.807) is 12.4 Å². The number of nitrogens with zero attached hydrogens (tertiary/aromatic N) is 2. The van der Waals surface area contributed by atoms with Gasteiger partial charge in [-0.2, -0.15) is 5.26 Å². The third kappa shape index (κ3) is 1.20. The molecule has 1 unspecified atom stereocenters. The summed E-state index contributed by atoms with van der Waals surface area (Å²) in [5.41, 5.74) is 1.97. The first-order valence-corrected chi connectivity index (χ1v) is 4.15. The number of aromatic nitrogens is 1. The van der Waals surface area contributed by atoms with Gasteiger partial charge in [0.1, 0.15) is 5.78 Å². The Kier molecular flexibility index (Phi) is 1.82. The largest absolute Gasteiger partial charge is 0.299 e. The van der Waals surface area contributed by atoms with Crippen LogP contribution in [0.3, 0.4) is 0 Å². The fourth-order valence-electron chi connectivity index (χ4n) is 1.71. The zero-order chi connectivity index (χ0) is 9.26. The predicted octanol–water partition coefficient (Wildman–Crippen LogP) is 1.20. The number of carbonyl (C=O) groups excluding carboxylic acids is 1. The zero-order valence-electron chi connectivity index (χ0n) is 7.03. The van der Waals surface area contributed by atoms with Gasteiger partial charge in [-0.15, -0.1) is 0 Å². The van der Waals surface area contributed by atoms with Gasteiger partial charge in [0, 0.05) is 25.2 Å². The summed E-state index contributed by atoms with van der Waals surface area (Å²) in [6.07, 6.45) is 4.12. The molecule has 0 aliphatic heterocycles. The molecule has 1 aliphatic carbocycles. The number of hydrogen-bond acceptors (Lipinski definition) is 3. The van der Waals surface area contributed by atoms with Crippen molar-refractivity contribution in [1.82, 2.24) is 4.98 Å². The second-order valence-electron chi connectivity index (χ2n) is 3.13. The second kappa shape index (κ2) is 2.98. The van der Waals surface area contributed by atoms with Crippen LogP contribution in [0.15, 0.2) is 18.5 Å². The smallest absolute Gasteiger partial charge is 0.145 e. The Labute approximate surface area is 76.0 Å². The summed E-state index contributed by atoms with van der Waals surface area (Å²) in [7, 11) is 0. The number of pyridine rings is 1. The van der Waals surface area contributed by atoms with Gasteiger partial charge >= 0.3 is 0 Å². The first-order chi connectivity index (χ1) is 6.33. The van der Waals surface area contributed by atoms with Gasteiger partial charge < -0.3 is 0 Å². The Morgan fingerprint density at radius 1 is 1.69 bits per heavy atom. The molecule has 13 heavy (non-hydrogen) atoms. The number of rotatable bonds is 1. The van der Waals surface area contributed by atoms with Crippen LogP contribution in [0.5, 0.6) is 0 Å². The maximum Gasteiger partial charge on any atom is 0.145 e. The minimum Gasteiger partial charge on any atom is -0.299 e. The van der Waals surface area contributed by atoms with Crippen molar-refractivity contribution in [3.63, 3.8) is 0 Å². The van der Waals surface area contributed by atoms with Crippen molar-refractivity contribution in [3.8, 4) is 6.07 Å². The summed E-state index contributed by atoms with van der Waals surface area (Å²) in [4.78, 5) is 15.4. The maximum atomic E-state index is 11.4. The van der Waals surface area contributed by atoms with Gasteiger partial charge in [-0.1, -0.05) is 0 Å². The van der Waals surface area contributed by atoms with Crippen LogP contribution >= 0.6 is 0 Å². The number of carbonyl (C=O) groups is 1. The summed E-state index contributed by atoms with van der Waals surface area (Å²) in [6, 6.07) is 3.88. The highest BCUT2D eigenvalue weighted by atomic mass is 16.1. The van der Waals surface area contributed by atoms with Gasteiger partial charge in [0.2, 0.25) is 0 Å². The van der Waals surface area contributed by atoms with Crippen molar-refractivity contribution < 1.29 is 4.79 Å². The molecule has 0 bridgehead atoms. The number of hydrogen-bond donors (Lipinski definition) is 0. The third-order valence-electron chi connectivity index (χ3n) is 2.37. The van der Waals surface area contributed by atoms with Crippen LogP contribution in [-0.4, -0.2) is 10.8 Å². The van der Waals surface area contributed by atoms with Crippen molar-refractivity contribution in [1.29, 1.82) is 5.26 Å². The summed E-state index contributed by atoms with van der Waals surface area (Å²) in [6.45, 7) is 0. The first kappa shape index (κ1) is 7.93. The molecule has 1 aliphatic rings. The summed E-state index contributed by atoms with van der Waals surface area (Å²) < 4.78 is 0. The van der Waals surface area contributed by atoms with E-state index >= 15 is 0 Å². The van der Waals surface area contributed by atoms with E-state index in [4.69, 9.17) is 5.26 Å². The summed E-state index contributed by atoms with van der Waals surface area (Å²) >= 11 is 0. The molecule has 2 rings (SSSR count). The van der Waals surface area contributed by atoms with Gasteiger partial charge in [-0.05, 0) is 17.2 Å². The highest BCUT2D eigenvalue weighted by Gasteiger charge is 2.29. The molecule has 0 spiro atoms. The molecule has 1 atom stereocenters. The van der Waals surface area contributed by atoms with Gasteiger partial charge in [0.25, 0.3) is 0 Å². The Hall–Kier alpha value is -1.69. The third-order valence-corrected chi connectivity index (χ3v) is 2.37. The van der Waals surface area contributed by atoms with E-state index in [0.717, 1.165) is 11.1 Å².